The van der Waals surface area contributed by atoms with E-state index in [1.54, 1.807) is 19.2 Å². The van der Waals surface area contributed by atoms with Gasteiger partial charge in [0.15, 0.2) is 5.82 Å². The molecule has 0 spiro atoms. The Balaban J connectivity index is 2.09. The number of aryl methyl sites for hydroxylation is 1. The Bertz CT molecular complexity index is 1210. The second kappa shape index (κ2) is 10.9. The zero-order chi connectivity index (χ0) is 24.0. The van der Waals surface area contributed by atoms with E-state index in [0.29, 0.717) is 19.5 Å². The second-order valence-corrected chi connectivity index (χ2v) is 7.99. The molecule has 0 fully saturated rings. The maximum Gasteiger partial charge on any atom is 0.332 e. The maximum absolute atomic E-state index is 13.5. The third-order valence-corrected chi connectivity index (χ3v) is 5.58. The fraction of sp³-hybridized carbons (Fsp3) is 0.320. The van der Waals surface area contributed by atoms with Gasteiger partial charge in [-0.3, -0.25) is 13.9 Å². The number of anilines is 1. The predicted molar refractivity (Wildman–Crippen MR) is 129 cm³/mol. The van der Waals surface area contributed by atoms with Crippen molar-refractivity contribution in [2.24, 2.45) is 12.0 Å². The summed E-state index contributed by atoms with van der Waals surface area (Å²) in [5.74, 6) is -0.164. The van der Waals surface area contributed by atoms with E-state index in [2.05, 4.69) is 11.7 Å². The highest BCUT2D eigenvalue weighted by Gasteiger charge is 2.22. The topological polar surface area (TPSA) is 79.8 Å². The molecular weight excluding hydrogens is 423 g/mol. The summed E-state index contributed by atoms with van der Waals surface area (Å²) in [6.07, 6.45) is 0.924. The number of aromatic nitrogens is 2. The molecule has 7 nitrogen and oxygen atoms in total. The summed E-state index contributed by atoms with van der Waals surface area (Å²) in [5, 5.41) is 9.21. The molecule has 0 saturated carbocycles. The van der Waals surface area contributed by atoms with Crippen LogP contribution in [0.1, 0.15) is 23.1 Å². The molecule has 8 heteroatoms. The Morgan fingerprint density at radius 3 is 2.30 bits per heavy atom. The van der Waals surface area contributed by atoms with Gasteiger partial charge in [0.2, 0.25) is 0 Å². The minimum atomic E-state index is -0.514. The highest BCUT2D eigenvalue weighted by Crippen LogP contribution is 2.25. The normalized spacial score (nSPS) is 10.9. The summed E-state index contributed by atoms with van der Waals surface area (Å²) >= 11 is 0. The van der Waals surface area contributed by atoms with Crippen LogP contribution in [0.25, 0.3) is 0 Å². The molecule has 0 aliphatic rings. The van der Waals surface area contributed by atoms with E-state index >= 15 is 0 Å². The quantitative estimate of drug-likeness (QED) is 0.480. The lowest BCUT2D eigenvalue weighted by Crippen LogP contribution is -2.43. The fourth-order valence-electron chi connectivity index (χ4n) is 3.72. The summed E-state index contributed by atoms with van der Waals surface area (Å²) in [7, 11) is 1.54. The monoisotopic (exact) mass is 452 g/mol. The number of aliphatic hydroxyl groups is 1. The van der Waals surface area contributed by atoms with E-state index in [1.165, 1.54) is 16.7 Å². The first-order valence-electron chi connectivity index (χ1n) is 10.8. The van der Waals surface area contributed by atoms with Gasteiger partial charge in [0.1, 0.15) is 11.5 Å². The molecule has 1 aromatic heterocycles. The van der Waals surface area contributed by atoms with Crippen molar-refractivity contribution in [2.45, 2.75) is 32.9 Å². The first-order chi connectivity index (χ1) is 15.8. The van der Waals surface area contributed by atoms with Crippen LogP contribution in [0.15, 0.2) is 63.1 Å². The van der Waals surface area contributed by atoms with Gasteiger partial charge in [-0.05, 0) is 49.7 Å². The van der Waals surface area contributed by atoms with Crippen LogP contribution >= 0.6 is 0 Å². The van der Waals surface area contributed by atoms with E-state index in [1.807, 2.05) is 36.1 Å². The van der Waals surface area contributed by atoms with E-state index in [-0.39, 0.29) is 36.9 Å². The third kappa shape index (κ3) is 5.64. The first-order valence-corrected chi connectivity index (χ1v) is 10.8. The summed E-state index contributed by atoms with van der Waals surface area (Å²) in [6.45, 7) is 6.34. The Hall–Kier alpha value is -3.52. The number of nitrogens with zero attached hydrogens (tertiary/aromatic N) is 4. The molecule has 0 radical (unpaired) electrons. The average Bonchev–Trinajstić information content (AvgIpc) is 2.81. The molecule has 33 heavy (non-hydrogen) atoms. The van der Waals surface area contributed by atoms with Gasteiger partial charge in [-0.15, -0.1) is 0 Å². The summed E-state index contributed by atoms with van der Waals surface area (Å²) in [4.78, 5) is 32.1. The predicted octanol–water partition coefficient (Wildman–Crippen LogP) is 2.96. The standard InChI is InChI=1S/C25H29FN4O3/c1-18-5-7-19(8-6-18)13-15-29(17-20-9-11-21(26)12-10-20)22-23(27-2)28(3)25(33)30(24(22)32)14-4-16-31/h5-12,31H,2,4,13-17H2,1,3H3. The number of hydrogen-bond donors (Lipinski definition) is 1. The van der Waals surface area contributed by atoms with Crippen molar-refractivity contribution in [1.29, 1.82) is 0 Å². The van der Waals surface area contributed by atoms with Crippen LogP contribution in [0.4, 0.5) is 15.9 Å². The first kappa shape index (κ1) is 24.1. The van der Waals surface area contributed by atoms with Crippen molar-refractivity contribution in [3.05, 3.63) is 91.9 Å². The minimum Gasteiger partial charge on any atom is -0.396 e. The van der Waals surface area contributed by atoms with Gasteiger partial charge < -0.3 is 10.0 Å². The van der Waals surface area contributed by atoms with Crippen LogP contribution in [-0.4, -0.2) is 34.1 Å². The van der Waals surface area contributed by atoms with Crippen molar-refractivity contribution in [3.8, 4) is 0 Å². The van der Waals surface area contributed by atoms with E-state index < -0.39 is 11.2 Å². The molecule has 0 unspecified atom stereocenters. The molecule has 2 aromatic carbocycles. The summed E-state index contributed by atoms with van der Waals surface area (Å²) < 4.78 is 15.9. The highest BCUT2D eigenvalue weighted by atomic mass is 19.1. The Morgan fingerprint density at radius 2 is 1.70 bits per heavy atom. The van der Waals surface area contributed by atoms with Crippen molar-refractivity contribution in [2.75, 3.05) is 18.1 Å². The molecular formula is C25H29FN4O3. The van der Waals surface area contributed by atoms with Crippen molar-refractivity contribution in [1.82, 2.24) is 9.13 Å². The molecule has 1 N–H and O–H groups in total. The maximum atomic E-state index is 13.5. The lowest BCUT2D eigenvalue weighted by Gasteiger charge is -2.27. The molecule has 174 valence electrons. The van der Waals surface area contributed by atoms with Crippen LogP contribution in [0, 0.1) is 12.7 Å². The Morgan fingerprint density at radius 1 is 1.06 bits per heavy atom. The summed E-state index contributed by atoms with van der Waals surface area (Å²) in [5.41, 5.74) is 2.32. The SMILES string of the molecule is C=Nc1c(N(CCc2ccc(C)cc2)Cc2ccc(F)cc2)c(=O)n(CCCO)c(=O)n1C. The molecule has 1 heterocycles. The summed E-state index contributed by atoms with van der Waals surface area (Å²) in [6, 6.07) is 14.2. The number of hydrogen-bond acceptors (Lipinski definition) is 5. The molecule has 0 bridgehead atoms. The van der Waals surface area contributed by atoms with Gasteiger partial charge in [0, 0.05) is 33.3 Å². The Kier molecular flexibility index (Phi) is 7.95. The molecule has 0 saturated heterocycles. The lowest BCUT2D eigenvalue weighted by molar-refractivity contribution is 0.277. The molecule has 3 aromatic rings. The lowest BCUT2D eigenvalue weighted by atomic mass is 10.1. The molecule has 0 aliphatic heterocycles. The van der Waals surface area contributed by atoms with Crippen LogP contribution in [-0.2, 0) is 26.6 Å². The van der Waals surface area contributed by atoms with Crippen LogP contribution in [0.5, 0.6) is 0 Å². The van der Waals surface area contributed by atoms with Crippen LogP contribution in [0.2, 0.25) is 0 Å². The highest BCUT2D eigenvalue weighted by molar-refractivity contribution is 5.64. The van der Waals surface area contributed by atoms with E-state index in [0.717, 1.165) is 21.3 Å². The minimum absolute atomic E-state index is 0.0920. The number of aliphatic imine (C=N–C) groups is 1. The van der Waals surface area contributed by atoms with Gasteiger partial charge in [-0.1, -0.05) is 42.0 Å². The zero-order valence-electron chi connectivity index (χ0n) is 19.0. The van der Waals surface area contributed by atoms with E-state index in [9.17, 15) is 19.1 Å². The van der Waals surface area contributed by atoms with Gasteiger partial charge >= 0.3 is 5.69 Å². The molecule has 0 aliphatic carbocycles. The van der Waals surface area contributed by atoms with Gasteiger partial charge in [0.25, 0.3) is 5.56 Å². The number of rotatable bonds is 10. The van der Waals surface area contributed by atoms with Gasteiger partial charge in [0.05, 0.1) is 0 Å². The number of aliphatic hydroxyl groups excluding tert-OH is 1. The van der Waals surface area contributed by atoms with Crippen LogP contribution < -0.4 is 16.1 Å². The van der Waals surface area contributed by atoms with Gasteiger partial charge in [-0.2, -0.15) is 0 Å². The van der Waals surface area contributed by atoms with Crippen molar-refractivity contribution in [3.63, 3.8) is 0 Å². The third-order valence-electron chi connectivity index (χ3n) is 5.58. The average molecular weight is 453 g/mol. The molecule has 3 rings (SSSR count). The smallest absolute Gasteiger partial charge is 0.332 e. The zero-order valence-corrected chi connectivity index (χ0v) is 19.0. The molecule has 0 atom stereocenters. The fourth-order valence-corrected chi connectivity index (χ4v) is 3.72. The number of halogens is 1. The Labute approximate surface area is 192 Å². The van der Waals surface area contributed by atoms with Crippen molar-refractivity contribution < 1.29 is 9.50 Å². The largest absolute Gasteiger partial charge is 0.396 e. The molecule has 0 amide bonds. The second-order valence-electron chi connectivity index (χ2n) is 7.99. The van der Waals surface area contributed by atoms with Crippen molar-refractivity contribution >= 4 is 18.2 Å². The van der Waals surface area contributed by atoms with E-state index in [4.69, 9.17) is 0 Å². The van der Waals surface area contributed by atoms with Crippen LogP contribution in [0.3, 0.4) is 0 Å². The van der Waals surface area contributed by atoms with Gasteiger partial charge in [-0.25, -0.2) is 14.2 Å². The number of benzene rings is 2.